The number of hydrogen-bond acceptors (Lipinski definition) is 4. The fourth-order valence-corrected chi connectivity index (χ4v) is 4.84. The van der Waals surface area contributed by atoms with Crippen LogP contribution in [0.1, 0.15) is 74.6 Å². The van der Waals surface area contributed by atoms with Crippen LogP contribution in [-0.2, 0) is 22.4 Å². The maximum atomic E-state index is 13.2. The van der Waals surface area contributed by atoms with Crippen molar-refractivity contribution >= 4 is 17.6 Å². The average Bonchev–Trinajstić information content (AvgIpc) is 2.79. The smallest absolute Gasteiger partial charge is 0.228 e. The highest BCUT2D eigenvalue weighted by Gasteiger charge is 2.33. The molecule has 0 N–H and O–H groups in total. The zero-order valence-corrected chi connectivity index (χ0v) is 19.5. The molecule has 1 saturated heterocycles. The quantitative estimate of drug-likeness (QED) is 0.676. The second kappa shape index (κ2) is 9.80. The van der Waals surface area contributed by atoms with Crippen LogP contribution < -0.4 is 4.90 Å². The monoisotopic (exact) mass is 434 g/mol. The number of fused-ring (bicyclic) bond motifs is 1. The van der Waals surface area contributed by atoms with E-state index in [9.17, 15) is 9.59 Å². The Labute approximate surface area is 191 Å². The van der Waals surface area contributed by atoms with Crippen LogP contribution in [0.5, 0.6) is 0 Å². The fraction of sp³-hybridized carbons (Fsp3) is 0.538. The normalized spacial score (nSPS) is 18.8. The summed E-state index contributed by atoms with van der Waals surface area (Å²) >= 11 is 0. The van der Waals surface area contributed by atoms with Crippen molar-refractivity contribution < 1.29 is 9.59 Å². The van der Waals surface area contributed by atoms with Gasteiger partial charge in [-0.05, 0) is 50.5 Å². The van der Waals surface area contributed by atoms with Gasteiger partial charge in [-0.3, -0.25) is 14.5 Å². The minimum Gasteiger partial charge on any atom is -0.332 e. The number of carbonyl (C=O) groups is 2. The average molecular weight is 435 g/mol. The molecule has 1 aromatic carbocycles. The van der Waals surface area contributed by atoms with Gasteiger partial charge in [0.05, 0.1) is 6.04 Å². The van der Waals surface area contributed by atoms with Gasteiger partial charge in [0.25, 0.3) is 0 Å². The number of amides is 2. The first-order valence-electron chi connectivity index (χ1n) is 11.9. The Bertz CT molecular complexity index is 973. The zero-order valence-electron chi connectivity index (χ0n) is 19.5. The summed E-state index contributed by atoms with van der Waals surface area (Å²) in [5.74, 6) is 2.11. The molecule has 170 valence electrons. The first-order valence-corrected chi connectivity index (χ1v) is 11.9. The van der Waals surface area contributed by atoms with Gasteiger partial charge in [0, 0.05) is 37.2 Å². The van der Waals surface area contributed by atoms with Gasteiger partial charge in [-0.15, -0.1) is 0 Å². The largest absolute Gasteiger partial charge is 0.332 e. The molecule has 2 amide bonds. The predicted molar refractivity (Wildman–Crippen MR) is 125 cm³/mol. The number of likely N-dealkylation sites (tertiary alicyclic amines) is 1. The van der Waals surface area contributed by atoms with Crippen LogP contribution in [0, 0.1) is 12.8 Å². The van der Waals surface area contributed by atoms with Crippen LogP contribution in [-0.4, -0.2) is 39.8 Å². The van der Waals surface area contributed by atoms with Crippen molar-refractivity contribution in [1.82, 2.24) is 14.9 Å². The number of carbonyl (C=O) groups excluding carboxylic acids is 2. The van der Waals surface area contributed by atoms with Crippen molar-refractivity contribution in [3.63, 3.8) is 0 Å². The maximum Gasteiger partial charge on any atom is 0.228 e. The highest BCUT2D eigenvalue weighted by atomic mass is 16.2. The van der Waals surface area contributed by atoms with E-state index < -0.39 is 0 Å². The summed E-state index contributed by atoms with van der Waals surface area (Å²) in [5, 5.41) is 0. The molecule has 1 aromatic heterocycles. The van der Waals surface area contributed by atoms with E-state index in [2.05, 4.69) is 26.0 Å². The first kappa shape index (κ1) is 22.4. The Kier molecular flexibility index (Phi) is 6.87. The number of rotatable bonds is 6. The highest BCUT2D eigenvalue weighted by Crippen LogP contribution is 2.34. The summed E-state index contributed by atoms with van der Waals surface area (Å²) in [6.45, 7) is 7.64. The van der Waals surface area contributed by atoms with E-state index in [1.807, 2.05) is 34.9 Å². The molecule has 0 spiro atoms. The number of hydrogen-bond donors (Lipinski definition) is 0. The minimum atomic E-state index is -0.117. The van der Waals surface area contributed by atoms with Gasteiger partial charge in [-0.2, -0.15) is 0 Å². The van der Waals surface area contributed by atoms with Gasteiger partial charge in [-0.1, -0.05) is 44.2 Å². The van der Waals surface area contributed by atoms with Gasteiger partial charge in [-0.25, -0.2) is 9.97 Å². The second-order valence-corrected chi connectivity index (χ2v) is 9.45. The van der Waals surface area contributed by atoms with E-state index in [0.717, 1.165) is 49.3 Å². The number of nitrogens with zero attached hydrogens (tertiary/aromatic N) is 4. The SMILES string of the molecule is Cc1nc([C@@H]2CCCCN2C(=O)CCc2ccccc2)nc2c1CCC(=O)N2CC(C)C. The third-order valence-corrected chi connectivity index (χ3v) is 6.49. The summed E-state index contributed by atoms with van der Waals surface area (Å²) in [6, 6.07) is 10.0. The van der Waals surface area contributed by atoms with E-state index in [0.29, 0.717) is 37.5 Å². The first-order chi connectivity index (χ1) is 15.4. The Balaban J connectivity index is 1.59. The van der Waals surface area contributed by atoms with E-state index >= 15 is 0 Å². The Hall–Kier alpha value is -2.76. The van der Waals surface area contributed by atoms with Crippen LogP contribution in [0.4, 0.5) is 5.82 Å². The molecule has 1 fully saturated rings. The molecule has 6 nitrogen and oxygen atoms in total. The summed E-state index contributed by atoms with van der Waals surface area (Å²) in [7, 11) is 0. The molecule has 1 atom stereocenters. The second-order valence-electron chi connectivity index (χ2n) is 9.45. The maximum absolute atomic E-state index is 13.2. The summed E-state index contributed by atoms with van der Waals surface area (Å²) in [5.41, 5.74) is 3.19. The van der Waals surface area contributed by atoms with Crippen LogP contribution in [0.3, 0.4) is 0 Å². The molecule has 32 heavy (non-hydrogen) atoms. The topological polar surface area (TPSA) is 66.4 Å². The molecular weight excluding hydrogens is 400 g/mol. The Morgan fingerprint density at radius 2 is 1.91 bits per heavy atom. The number of benzene rings is 1. The highest BCUT2D eigenvalue weighted by molar-refractivity contribution is 5.95. The van der Waals surface area contributed by atoms with Gasteiger partial charge in [0.1, 0.15) is 5.82 Å². The van der Waals surface area contributed by atoms with Crippen molar-refractivity contribution in [3.05, 3.63) is 53.0 Å². The number of aromatic nitrogens is 2. The summed E-state index contributed by atoms with van der Waals surface area (Å²) < 4.78 is 0. The van der Waals surface area contributed by atoms with Crippen LogP contribution in [0.2, 0.25) is 0 Å². The molecule has 4 rings (SSSR count). The van der Waals surface area contributed by atoms with Gasteiger partial charge in [0.2, 0.25) is 11.8 Å². The molecule has 0 bridgehead atoms. The molecule has 6 heteroatoms. The zero-order chi connectivity index (χ0) is 22.7. The lowest BCUT2D eigenvalue weighted by atomic mass is 9.98. The van der Waals surface area contributed by atoms with Crippen molar-refractivity contribution in [2.75, 3.05) is 18.0 Å². The summed E-state index contributed by atoms with van der Waals surface area (Å²) in [4.78, 5) is 39.5. The molecule has 3 heterocycles. The van der Waals surface area contributed by atoms with Crippen molar-refractivity contribution in [2.45, 2.75) is 71.8 Å². The standard InChI is InChI=1S/C26H34N4O2/c1-18(2)17-30-24(32)15-13-21-19(3)27-25(28-26(21)30)22-11-7-8-16-29(22)23(31)14-12-20-9-5-4-6-10-20/h4-6,9-10,18,22H,7-8,11-17H2,1-3H3/t22-/m0/s1. The lowest BCUT2D eigenvalue weighted by molar-refractivity contribution is -0.135. The Morgan fingerprint density at radius 1 is 1.12 bits per heavy atom. The lowest BCUT2D eigenvalue weighted by Gasteiger charge is -2.36. The molecule has 0 unspecified atom stereocenters. The van der Waals surface area contributed by atoms with E-state index in [1.165, 1.54) is 5.56 Å². The number of aryl methyl sites for hydroxylation is 2. The van der Waals surface area contributed by atoms with Gasteiger partial charge < -0.3 is 4.90 Å². The summed E-state index contributed by atoms with van der Waals surface area (Å²) in [6.07, 6.45) is 5.37. The fourth-order valence-electron chi connectivity index (χ4n) is 4.84. The molecule has 0 aliphatic carbocycles. The van der Waals surface area contributed by atoms with Gasteiger partial charge >= 0.3 is 0 Å². The van der Waals surface area contributed by atoms with E-state index in [4.69, 9.17) is 9.97 Å². The number of piperidine rings is 1. The molecule has 0 saturated carbocycles. The van der Waals surface area contributed by atoms with Crippen molar-refractivity contribution in [2.24, 2.45) is 5.92 Å². The number of anilines is 1. The molecule has 2 aromatic rings. The molecule has 2 aliphatic rings. The minimum absolute atomic E-state index is 0.117. The third kappa shape index (κ3) is 4.84. The van der Waals surface area contributed by atoms with Crippen LogP contribution in [0.25, 0.3) is 0 Å². The van der Waals surface area contributed by atoms with Crippen molar-refractivity contribution in [1.29, 1.82) is 0 Å². The van der Waals surface area contributed by atoms with Crippen LogP contribution in [0.15, 0.2) is 30.3 Å². The van der Waals surface area contributed by atoms with E-state index in [-0.39, 0.29) is 17.9 Å². The molecule has 0 radical (unpaired) electrons. The van der Waals surface area contributed by atoms with Crippen LogP contribution >= 0.6 is 0 Å². The van der Waals surface area contributed by atoms with Gasteiger partial charge in [0.15, 0.2) is 5.82 Å². The Morgan fingerprint density at radius 3 is 2.66 bits per heavy atom. The lowest BCUT2D eigenvalue weighted by Crippen LogP contribution is -2.41. The third-order valence-electron chi connectivity index (χ3n) is 6.49. The predicted octanol–water partition coefficient (Wildman–Crippen LogP) is 4.41. The van der Waals surface area contributed by atoms with Crippen molar-refractivity contribution in [3.8, 4) is 0 Å². The molecular formula is C26H34N4O2. The molecule has 2 aliphatic heterocycles. The van der Waals surface area contributed by atoms with E-state index in [1.54, 1.807) is 0 Å².